The normalized spacial score (nSPS) is 10.9. The molecule has 0 aliphatic carbocycles. The topological polar surface area (TPSA) is 38.9 Å². The van der Waals surface area contributed by atoms with Gasteiger partial charge in [0.05, 0.1) is 0 Å². The zero-order valence-electron chi connectivity index (χ0n) is 6.92. The van der Waals surface area contributed by atoms with E-state index in [2.05, 4.69) is 4.98 Å². The lowest BCUT2D eigenvalue weighted by Gasteiger charge is -1.98. The molecule has 2 N–H and O–H groups in total. The number of nitrogens with two attached hydrogens (primary N) is 1. The van der Waals surface area contributed by atoms with Gasteiger partial charge in [-0.1, -0.05) is 12.2 Å². The van der Waals surface area contributed by atoms with E-state index in [1.165, 1.54) is 6.20 Å². The minimum Gasteiger partial charge on any atom is -0.327 e. The molecule has 0 bridgehead atoms. The molecule has 1 aromatic rings. The molecule has 0 radical (unpaired) electrons. The van der Waals surface area contributed by atoms with E-state index in [9.17, 15) is 4.39 Å². The van der Waals surface area contributed by atoms with Gasteiger partial charge in [-0.25, -0.2) is 4.98 Å². The van der Waals surface area contributed by atoms with E-state index < -0.39 is 5.95 Å². The highest BCUT2D eigenvalue weighted by Crippen LogP contribution is 2.10. The summed E-state index contributed by atoms with van der Waals surface area (Å²) >= 11 is 0. The molecule has 2 nitrogen and oxygen atoms in total. The molecular weight excluding hydrogens is 155 g/mol. The minimum atomic E-state index is -0.422. The SMILES string of the molecule is Cc1c(C=CCN)ccnc1F. The summed E-state index contributed by atoms with van der Waals surface area (Å²) in [6, 6.07) is 1.75. The maximum Gasteiger partial charge on any atom is 0.216 e. The second kappa shape index (κ2) is 3.97. The maximum atomic E-state index is 12.8. The Hall–Kier alpha value is -1.22. The van der Waals surface area contributed by atoms with Crippen molar-refractivity contribution in [2.24, 2.45) is 5.73 Å². The number of aromatic nitrogens is 1. The largest absolute Gasteiger partial charge is 0.327 e. The van der Waals surface area contributed by atoms with Crippen molar-refractivity contribution in [3.63, 3.8) is 0 Å². The van der Waals surface area contributed by atoms with Crippen LogP contribution in [0.15, 0.2) is 18.3 Å². The first-order valence-electron chi connectivity index (χ1n) is 3.73. The first kappa shape index (κ1) is 8.87. The van der Waals surface area contributed by atoms with Gasteiger partial charge in [0.25, 0.3) is 0 Å². The lowest BCUT2D eigenvalue weighted by molar-refractivity contribution is 0.574. The quantitative estimate of drug-likeness (QED) is 0.676. The summed E-state index contributed by atoms with van der Waals surface area (Å²) in [7, 11) is 0. The first-order chi connectivity index (χ1) is 5.75. The zero-order valence-corrected chi connectivity index (χ0v) is 6.92. The standard InChI is InChI=1S/C9H11FN2/c1-7-8(3-2-5-11)4-6-12-9(7)10/h2-4,6H,5,11H2,1H3. The number of pyridine rings is 1. The summed E-state index contributed by atoms with van der Waals surface area (Å²) < 4.78 is 12.8. The van der Waals surface area contributed by atoms with E-state index in [1.54, 1.807) is 25.1 Å². The Morgan fingerprint density at radius 3 is 3.08 bits per heavy atom. The lowest BCUT2D eigenvalue weighted by Crippen LogP contribution is -1.94. The predicted molar refractivity (Wildman–Crippen MR) is 47.0 cm³/mol. The van der Waals surface area contributed by atoms with Crippen LogP contribution in [0.3, 0.4) is 0 Å². The van der Waals surface area contributed by atoms with E-state index >= 15 is 0 Å². The van der Waals surface area contributed by atoms with Gasteiger partial charge in [0, 0.05) is 18.3 Å². The molecule has 0 spiro atoms. The van der Waals surface area contributed by atoms with Crippen molar-refractivity contribution in [1.29, 1.82) is 0 Å². The van der Waals surface area contributed by atoms with Crippen molar-refractivity contribution in [1.82, 2.24) is 4.98 Å². The molecule has 0 aliphatic rings. The van der Waals surface area contributed by atoms with Gasteiger partial charge in [-0.15, -0.1) is 0 Å². The molecule has 0 aromatic carbocycles. The second-order valence-corrected chi connectivity index (χ2v) is 2.45. The Balaban J connectivity index is 3.00. The Bertz CT molecular complexity index is 295. The summed E-state index contributed by atoms with van der Waals surface area (Å²) in [5.74, 6) is -0.422. The summed E-state index contributed by atoms with van der Waals surface area (Å²) in [6.07, 6.45) is 5.01. The van der Waals surface area contributed by atoms with Gasteiger partial charge in [0.15, 0.2) is 0 Å². The lowest BCUT2D eigenvalue weighted by atomic mass is 10.1. The Morgan fingerprint density at radius 2 is 2.42 bits per heavy atom. The first-order valence-corrected chi connectivity index (χ1v) is 3.73. The van der Waals surface area contributed by atoms with Crippen LogP contribution in [0.25, 0.3) is 6.08 Å². The van der Waals surface area contributed by atoms with Crippen molar-refractivity contribution in [2.45, 2.75) is 6.92 Å². The summed E-state index contributed by atoms with van der Waals surface area (Å²) in [5, 5.41) is 0. The Labute approximate surface area is 70.9 Å². The van der Waals surface area contributed by atoms with Crippen molar-refractivity contribution in [3.8, 4) is 0 Å². The number of nitrogens with zero attached hydrogens (tertiary/aromatic N) is 1. The monoisotopic (exact) mass is 166 g/mol. The van der Waals surface area contributed by atoms with Crippen LogP contribution >= 0.6 is 0 Å². The van der Waals surface area contributed by atoms with Crippen molar-refractivity contribution in [3.05, 3.63) is 35.4 Å². The highest BCUT2D eigenvalue weighted by molar-refractivity contribution is 5.52. The fraction of sp³-hybridized carbons (Fsp3) is 0.222. The highest BCUT2D eigenvalue weighted by atomic mass is 19.1. The molecule has 64 valence electrons. The van der Waals surface area contributed by atoms with Gasteiger partial charge < -0.3 is 5.73 Å². The molecule has 0 saturated carbocycles. The fourth-order valence-corrected chi connectivity index (χ4v) is 0.900. The number of halogens is 1. The predicted octanol–water partition coefficient (Wildman–Crippen LogP) is 1.50. The third-order valence-corrected chi connectivity index (χ3v) is 1.62. The van der Waals surface area contributed by atoms with Crippen LogP contribution in [-0.4, -0.2) is 11.5 Å². The van der Waals surface area contributed by atoms with E-state index in [0.29, 0.717) is 12.1 Å². The summed E-state index contributed by atoms with van der Waals surface area (Å²) in [4.78, 5) is 3.52. The van der Waals surface area contributed by atoms with Gasteiger partial charge in [-0.3, -0.25) is 0 Å². The molecule has 0 unspecified atom stereocenters. The Morgan fingerprint density at radius 1 is 1.67 bits per heavy atom. The van der Waals surface area contributed by atoms with Gasteiger partial charge in [-0.05, 0) is 18.6 Å². The molecule has 0 aliphatic heterocycles. The molecule has 1 heterocycles. The second-order valence-electron chi connectivity index (χ2n) is 2.45. The van der Waals surface area contributed by atoms with Crippen LogP contribution in [0.4, 0.5) is 4.39 Å². The number of hydrogen-bond donors (Lipinski definition) is 1. The average molecular weight is 166 g/mol. The van der Waals surface area contributed by atoms with Crippen molar-refractivity contribution < 1.29 is 4.39 Å². The average Bonchev–Trinajstić information content (AvgIpc) is 2.08. The third kappa shape index (κ3) is 1.89. The van der Waals surface area contributed by atoms with Crippen LogP contribution in [0, 0.1) is 12.9 Å². The highest BCUT2D eigenvalue weighted by Gasteiger charge is 1.99. The zero-order chi connectivity index (χ0) is 8.97. The third-order valence-electron chi connectivity index (χ3n) is 1.62. The van der Waals surface area contributed by atoms with Crippen LogP contribution < -0.4 is 5.73 Å². The van der Waals surface area contributed by atoms with Crippen molar-refractivity contribution in [2.75, 3.05) is 6.54 Å². The Kier molecular flexibility index (Phi) is 2.94. The molecule has 0 fully saturated rings. The number of hydrogen-bond acceptors (Lipinski definition) is 2. The molecule has 12 heavy (non-hydrogen) atoms. The van der Waals surface area contributed by atoms with E-state index in [0.717, 1.165) is 5.56 Å². The fourth-order valence-electron chi connectivity index (χ4n) is 0.900. The van der Waals surface area contributed by atoms with Gasteiger partial charge in [0.1, 0.15) is 0 Å². The van der Waals surface area contributed by atoms with Crippen LogP contribution in [-0.2, 0) is 0 Å². The van der Waals surface area contributed by atoms with Crippen LogP contribution in [0.1, 0.15) is 11.1 Å². The van der Waals surface area contributed by atoms with E-state index in [1.807, 2.05) is 0 Å². The molecule has 1 rings (SSSR count). The maximum absolute atomic E-state index is 12.8. The van der Waals surface area contributed by atoms with Crippen LogP contribution in [0.5, 0.6) is 0 Å². The molecule has 1 aromatic heterocycles. The molecule has 0 saturated heterocycles. The summed E-state index contributed by atoms with van der Waals surface area (Å²) in [5.41, 5.74) is 6.65. The molecule has 3 heteroatoms. The van der Waals surface area contributed by atoms with E-state index in [4.69, 9.17) is 5.73 Å². The van der Waals surface area contributed by atoms with E-state index in [-0.39, 0.29) is 0 Å². The molecule has 0 atom stereocenters. The van der Waals surface area contributed by atoms with Gasteiger partial charge in [0.2, 0.25) is 5.95 Å². The van der Waals surface area contributed by atoms with Gasteiger partial charge in [-0.2, -0.15) is 4.39 Å². The number of rotatable bonds is 2. The van der Waals surface area contributed by atoms with Crippen molar-refractivity contribution >= 4 is 6.08 Å². The minimum absolute atomic E-state index is 0.422. The van der Waals surface area contributed by atoms with Gasteiger partial charge >= 0.3 is 0 Å². The van der Waals surface area contributed by atoms with Crippen LogP contribution in [0.2, 0.25) is 0 Å². The molecular formula is C9H11FN2. The summed E-state index contributed by atoms with van der Waals surface area (Å²) in [6.45, 7) is 2.15. The molecule has 0 amide bonds. The smallest absolute Gasteiger partial charge is 0.216 e.